The van der Waals surface area contributed by atoms with Crippen LogP contribution in [0, 0.1) is 20.8 Å². The van der Waals surface area contributed by atoms with E-state index in [0.29, 0.717) is 15.6 Å². The first-order chi connectivity index (χ1) is 10.3. The molecule has 0 spiro atoms. The van der Waals surface area contributed by atoms with Crippen molar-refractivity contribution < 1.29 is 14.7 Å². The van der Waals surface area contributed by atoms with Gasteiger partial charge in [-0.05, 0) is 38.0 Å². The highest BCUT2D eigenvalue weighted by atomic mass is 32.1. The fraction of sp³-hybridized carbons (Fsp3) is 0.312. The zero-order valence-corrected chi connectivity index (χ0v) is 13.6. The number of nitrogens with one attached hydrogen (secondary N) is 1. The Bertz CT molecular complexity index is 722. The van der Waals surface area contributed by atoms with Gasteiger partial charge in [0.05, 0.1) is 18.5 Å². The Morgan fingerprint density at radius 2 is 1.95 bits per heavy atom. The number of aromatic nitrogens is 1. The van der Waals surface area contributed by atoms with E-state index in [4.69, 9.17) is 5.11 Å². The summed E-state index contributed by atoms with van der Waals surface area (Å²) in [6.07, 6.45) is 0.0978. The van der Waals surface area contributed by atoms with Crippen LogP contribution in [-0.4, -0.2) is 22.0 Å². The molecule has 0 saturated carbocycles. The van der Waals surface area contributed by atoms with Crippen molar-refractivity contribution in [3.05, 3.63) is 44.9 Å². The van der Waals surface area contributed by atoms with Gasteiger partial charge >= 0.3 is 5.97 Å². The number of hydrogen-bond donors (Lipinski definition) is 2. The summed E-state index contributed by atoms with van der Waals surface area (Å²) in [7, 11) is 0. The summed E-state index contributed by atoms with van der Waals surface area (Å²) in [6, 6.07) is 5.88. The zero-order valence-electron chi connectivity index (χ0n) is 12.8. The van der Waals surface area contributed by atoms with Crippen molar-refractivity contribution in [2.45, 2.75) is 33.6 Å². The van der Waals surface area contributed by atoms with E-state index in [9.17, 15) is 9.59 Å². The van der Waals surface area contributed by atoms with Crippen LogP contribution < -0.4 is 5.32 Å². The highest BCUT2D eigenvalue weighted by Gasteiger charge is 2.14. The molecule has 6 heteroatoms. The predicted octanol–water partition coefficient (Wildman–Crippen LogP) is 2.88. The van der Waals surface area contributed by atoms with Gasteiger partial charge in [-0.25, -0.2) is 4.98 Å². The number of aliphatic carboxylic acids is 1. The van der Waals surface area contributed by atoms with Crippen LogP contribution in [0.4, 0.5) is 5.69 Å². The molecule has 0 aliphatic carbocycles. The van der Waals surface area contributed by atoms with E-state index in [1.165, 1.54) is 11.3 Å². The van der Waals surface area contributed by atoms with Crippen molar-refractivity contribution >= 4 is 28.9 Å². The molecule has 1 heterocycles. The summed E-state index contributed by atoms with van der Waals surface area (Å²) in [4.78, 5) is 27.9. The van der Waals surface area contributed by atoms with Crippen LogP contribution in [0.15, 0.2) is 18.2 Å². The lowest BCUT2D eigenvalue weighted by atomic mass is 10.1. The van der Waals surface area contributed by atoms with E-state index in [2.05, 4.69) is 10.3 Å². The van der Waals surface area contributed by atoms with Gasteiger partial charge in [0.15, 0.2) is 0 Å². The van der Waals surface area contributed by atoms with E-state index in [-0.39, 0.29) is 18.7 Å². The molecule has 0 saturated heterocycles. The van der Waals surface area contributed by atoms with Crippen LogP contribution in [0.1, 0.15) is 26.7 Å². The third-order valence-electron chi connectivity index (χ3n) is 3.23. The number of anilines is 1. The number of nitrogens with zero attached hydrogens (tertiary/aromatic N) is 1. The van der Waals surface area contributed by atoms with Gasteiger partial charge in [-0.2, -0.15) is 0 Å². The summed E-state index contributed by atoms with van der Waals surface area (Å²) < 4.78 is 0. The number of rotatable bonds is 5. The molecular weight excluding hydrogens is 300 g/mol. The summed E-state index contributed by atoms with van der Waals surface area (Å²) >= 11 is 1.28. The van der Waals surface area contributed by atoms with Crippen molar-refractivity contribution in [1.82, 2.24) is 4.98 Å². The number of thiazole rings is 1. The second-order valence-corrected chi connectivity index (χ2v) is 6.40. The lowest BCUT2D eigenvalue weighted by Crippen LogP contribution is -2.15. The van der Waals surface area contributed by atoms with Gasteiger partial charge in [0.1, 0.15) is 5.01 Å². The van der Waals surface area contributed by atoms with E-state index in [0.717, 1.165) is 16.8 Å². The van der Waals surface area contributed by atoms with Crippen LogP contribution >= 0.6 is 11.3 Å². The van der Waals surface area contributed by atoms with Gasteiger partial charge in [-0.15, -0.1) is 11.3 Å². The Labute approximate surface area is 133 Å². The van der Waals surface area contributed by atoms with Gasteiger partial charge in [0, 0.05) is 10.6 Å². The number of carbonyl (C=O) groups is 2. The largest absolute Gasteiger partial charge is 0.481 e. The number of benzene rings is 1. The third kappa shape index (κ3) is 4.14. The van der Waals surface area contributed by atoms with Crippen LogP contribution in [0.5, 0.6) is 0 Å². The average molecular weight is 318 g/mol. The Morgan fingerprint density at radius 3 is 2.64 bits per heavy atom. The van der Waals surface area contributed by atoms with E-state index < -0.39 is 5.97 Å². The van der Waals surface area contributed by atoms with Crippen molar-refractivity contribution in [1.29, 1.82) is 0 Å². The number of hydrogen-bond acceptors (Lipinski definition) is 4. The maximum Gasteiger partial charge on any atom is 0.308 e. The smallest absolute Gasteiger partial charge is 0.308 e. The highest BCUT2D eigenvalue weighted by molar-refractivity contribution is 7.12. The standard InChI is InChI=1S/C16H18N2O3S/c1-9-4-5-10(2)12(6-9)18-14(19)8-15-17-11(3)13(22-15)7-16(20)21/h4-6H,7-8H2,1-3H3,(H,18,19)(H,20,21). The number of carbonyl (C=O) groups excluding carboxylic acids is 1. The number of carboxylic acids is 1. The number of amides is 1. The molecule has 1 amide bonds. The number of aryl methyl sites for hydroxylation is 3. The first-order valence-corrected chi connectivity index (χ1v) is 7.71. The maximum atomic E-state index is 12.1. The molecule has 116 valence electrons. The van der Waals surface area contributed by atoms with E-state index in [1.807, 2.05) is 32.0 Å². The minimum absolute atomic E-state index is 0.0535. The molecule has 0 aliphatic rings. The van der Waals surface area contributed by atoms with Crippen LogP contribution in [-0.2, 0) is 22.4 Å². The Hall–Kier alpha value is -2.21. The van der Waals surface area contributed by atoms with Gasteiger partial charge in [0.25, 0.3) is 0 Å². The average Bonchev–Trinajstić information content (AvgIpc) is 2.73. The fourth-order valence-electron chi connectivity index (χ4n) is 2.07. The molecule has 1 aromatic heterocycles. The molecule has 2 N–H and O–H groups in total. The third-order valence-corrected chi connectivity index (χ3v) is 4.39. The maximum absolute atomic E-state index is 12.1. The van der Waals surface area contributed by atoms with Gasteiger partial charge < -0.3 is 10.4 Å². The first kappa shape index (κ1) is 16.2. The summed E-state index contributed by atoms with van der Waals surface area (Å²) in [5.41, 5.74) is 3.56. The monoisotopic (exact) mass is 318 g/mol. The lowest BCUT2D eigenvalue weighted by Gasteiger charge is -2.08. The van der Waals surface area contributed by atoms with E-state index >= 15 is 0 Å². The highest BCUT2D eigenvalue weighted by Crippen LogP contribution is 2.21. The van der Waals surface area contributed by atoms with Crippen molar-refractivity contribution in [2.75, 3.05) is 5.32 Å². The second kappa shape index (κ2) is 6.70. The molecular formula is C16H18N2O3S. The van der Waals surface area contributed by atoms with Crippen molar-refractivity contribution in [3.8, 4) is 0 Å². The van der Waals surface area contributed by atoms with Crippen LogP contribution in [0.2, 0.25) is 0 Å². The molecule has 2 aromatic rings. The zero-order chi connectivity index (χ0) is 16.3. The quantitative estimate of drug-likeness (QED) is 0.888. The lowest BCUT2D eigenvalue weighted by molar-refractivity contribution is -0.136. The Morgan fingerprint density at radius 1 is 1.23 bits per heavy atom. The topological polar surface area (TPSA) is 79.3 Å². The van der Waals surface area contributed by atoms with Crippen molar-refractivity contribution in [2.24, 2.45) is 0 Å². The van der Waals surface area contributed by atoms with Gasteiger partial charge in [-0.3, -0.25) is 9.59 Å². The molecule has 22 heavy (non-hydrogen) atoms. The summed E-state index contributed by atoms with van der Waals surface area (Å²) in [6.45, 7) is 5.67. The first-order valence-electron chi connectivity index (χ1n) is 6.89. The molecule has 0 aliphatic heterocycles. The van der Waals surface area contributed by atoms with Crippen LogP contribution in [0.25, 0.3) is 0 Å². The van der Waals surface area contributed by atoms with Crippen molar-refractivity contribution in [3.63, 3.8) is 0 Å². The van der Waals surface area contributed by atoms with Gasteiger partial charge in [0.2, 0.25) is 5.91 Å². The molecule has 0 atom stereocenters. The molecule has 0 unspecified atom stereocenters. The molecule has 0 bridgehead atoms. The minimum Gasteiger partial charge on any atom is -0.481 e. The van der Waals surface area contributed by atoms with Crippen LogP contribution in [0.3, 0.4) is 0 Å². The molecule has 2 rings (SSSR count). The van der Waals surface area contributed by atoms with E-state index in [1.54, 1.807) is 6.92 Å². The second-order valence-electron chi connectivity index (χ2n) is 5.23. The molecule has 0 fully saturated rings. The normalized spacial score (nSPS) is 10.5. The van der Waals surface area contributed by atoms with Gasteiger partial charge in [-0.1, -0.05) is 12.1 Å². The SMILES string of the molecule is Cc1ccc(C)c(NC(=O)Cc2nc(C)c(CC(=O)O)s2)c1. The number of carboxylic acid groups (broad SMARTS) is 1. The predicted molar refractivity (Wildman–Crippen MR) is 86.4 cm³/mol. The molecule has 0 radical (unpaired) electrons. The summed E-state index contributed by atoms with van der Waals surface area (Å²) in [5.74, 6) is -1.04. The Kier molecular flexibility index (Phi) is 4.92. The molecule has 5 nitrogen and oxygen atoms in total. The molecule has 1 aromatic carbocycles. The minimum atomic E-state index is -0.891. The Balaban J connectivity index is 2.06. The fourth-order valence-corrected chi connectivity index (χ4v) is 3.13. The summed E-state index contributed by atoms with van der Waals surface area (Å²) in [5, 5.41) is 12.3.